The van der Waals surface area contributed by atoms with Crippen molar-refractivity contribution in [3.05, 3.63) is 0 Å². The first kappa shape index (κ1) is 19.9. The van der Waals surface area contributed by atoms with E-state index >= 15 is 0 Å². The van der Waals surface area contributed by atoms with Gasteiger partial charge in [0, 0.05) is 6.42 Å². The summed E-state index contributed by atoms with van der Waals surface area (Å²) in [5, 5.41) is 2.77. The summed E-state index contributed by atoms with van der Waals surface area (Å²) < 4.78 is 4.72. The van der Waals surface area contributed by atoms with Crippen LogP contribution in [0.15, 0.2) is 0 Å². The number of esters is 1. The second-order valence-corrected chi connectivity index (χ2v) is 6.99. The molecule has 0 saturated carbocycles. The van der Waals surface area contributed by atoms with Crippen LogP contribution < -0.4 is 11.1 Å². The first-order chi connectivity index (χ1) is 9.63. The summed E-state index contributed by atoms with van der Waals surface area (Å²) >= 11 is 0. The van der Waals surface area contributed by atoms with Crippen molar-refractivity contribution in [3.8, 4) is 0 Å². The molecule has 0 fully saturated rings. The van der Waals surface area contributed by atoms with Crippen LogP contribution in [-0.4, -0.2) is 31.6 Å². The van der Waals surface area contributed by atoms with Gasteiger partial charge in [0.2, 0.25) is 5.91 Å². The number of methoxy groups -OCH3 is 1. The van der Waals surface area contributed by atoms with Crippen LogP contribution in [0.2, 0.25) is 0 Å². The molecule has 0 aromatic rings. The van der Waals surface area contributed by atoms with Crippen LogP contribution in [0.5, 0.6) is 0 Å². The number of hydrogen-bond acceptors (Lipinski definition) is 4. The van der Waals surface area contributed by atoms with Crippen molar-refractivity contribution < 1.29 is 14.3 Å². The van der Waals surface area contributed by atoms with Crippen molar-refractivity contribution in [2.45, 2.75) is 59.9 Å². The van der Waals surface area contributed by atoms with Crippen molar-refractivity contribution in [1.82, 2.24) is 5.32 Å². The molecule has 0 aliphatic rings. The van der Waals surface area contributed by atoms with Gasteiger partial charge in [0.25, 0.3) is 0 Å². The number of carbonyl (C=O) groups is 2. The Hall–Kier alpha value is -1.10. The maximum atomic E-state index is 12.1. The summed E-state index contributed by atoms with van der Waals surface area (Å²) in [6.07, 6.45) is 2.09. The Morgan fingerprint density at radius 1 is 1.19 bits per heavy atom. The molecule has 5 nitrogen and oxygen atoms in total. The third-order valence-electron chi connectivity index (χ3n) is 3.90. The molecule has 0 heterocycles. The number of ether oxygens (including phenoxy) is 1. The molecule has 0 saturated heterocycles. The smallest absolute Gasteiger partial charge is 0.328 e. The van der Waals surface area contributed by atoms with Crippen molar-refractivity contribution in [3.63, 3.8) is 0 Å². The molecule has 0 aromatic carbocycles. The number of rotatable bonds is 8. The lowest BCUT2D eigenvalue weighted by Crippen LogP contribution is -2.45. The lowest BCUT2D eigenvalue weighted by molar-refractivity contribution is -0.146. The molecule has 124 valence electrons. The number of amides is 1. The molecule has 1 amide bonds. The van der Waals surface area contributed by atoms with Gasteiger partial charge in [-0.2, -0.15) is 0 Å². The van der Waals surface area contributed by atoms with Gasteiger partial charge in [-0.3, -0.25) is 4.79 Å². The molecule has 0 aliphatic carbocycles. The Labute approximate surface area is 129 Å². The van der Waals surface area contributed by atoms with Gasteiger partial charge in [-0.05, 0) is 36.6 Å². The van der Waals surface area contributed by atoms with Gasteiger partial charge < -0.3 is 15.8 Å². The van der Waals surface area contributed by atoms with Gasteiger partial charge in [-0.25, -0.2) is 4.79 Å². The third kappa shape index (κ3) is 7.46. The molecule has 5 heteroatoms. The monoisotopic (exact) mass is 300 g/mol. The Morgan fingerprint density at radius 3 is 2.14 bits per heavy atom. The summed E-state index contributed by atoms with van der Waals surface area (Å²) in [5.41, 5.74) is 5.77. The van der Waals surface area contributed by atoms with Crippen molar-refractivity contribution in [2.24, 2.45) is 23.0 Å². The molecule has 0 bridgehead atoms. The molecular weight excluding hydrogens is 268 g/mol. The second-order valence-electron chi connectivity index (χ2n) is 6.99. The lowest BCUT2D eigenvalue weighted by atomic mass is 9.76. The number of carbonyl (C=O) groups excluding carboxylic acids is 2. The first-order valence-electron chi connectivity index (χ1n) is 7.70. The van der Waals surface area contributed by atoms with E-state index in [-0.39, 0.29) is 17.2 Å². The van der Waals surface area contributed by atoms with Crippen LogP contribution in [0.4, 0.5) is 0 Å². The summed E-state index contributed by atoms with van der Waals surface area (Å²) in [6.45, 7) is 10.9. The zero-order chi connectivity index (χ0) is 16.6. The molecule has 0 aliphatic heterocycles. The predicted molar refractivity (Wildman–Crippen MR) is 84.6 cm³/mol. The molecular formula is C16H32N2O3. The normalized spacial score (nSPS) is 14.7. The van der Waals surface area contributed by atoms with E-state index in [1.165, 1.54) is 7.11 Å². The van der Waals surface area contributed by atoms with E-state index in [9.17, 15) is 9.59 Å². The first-order valence-corrected chi connectivity index (χ1v) is 7.70. The fourth-order valence-electron chi connectivity index (χ4n) is 2.39. The van der Waals surface area contributed by atoms with Crippen LogP contribution >= 0.6 is 0 Å². The zero-order valence-corrected chi connectivity index (χ0v) is 14.4. The van der Waals surface area contributed by atoms with E-state index in [0.29, 0.717) is 18.9 Å². The highest BCUT2D eigenvalue weighted by Gasteiger charge is 2.27. The fourth-order valence-corrected chi connectivity index (χ4v) is 2.39. The number of nitrogens with two attached hydrogens (primary N) is 1. The SMILES string of the molecule is COC(=O)[C@@H](NC(=O)CCC(CCN)C(C)(C)C)C(C)C. The van der Waals surface area contributed by atoms with E-state index in [2.05, 4.69) is 26.1 Å². The van der Waals surface area contributed by atoms with Crippen LogP contribution in [0.25, 0.3) is 0 Å². The Kier molecular flexibility index (Phi) is 8.55. The molecule has 0 spiro atoms. The van der Waals surface area contributed by atoms with Gasteiger partial charge in [-0.15, -0.1) is 0 Å². The topological polar surface area (TPSA) is 81.4 Å². The second kappa shape index (κ2) is 9.03. The average molecular weight is 300 g/mol. The fraction of sp³-hybridized carbons (Fsp3) is 0.875. The van der Waals surface area contributed by atoms with Crippen molar-refractivity contribution in [2.75, 3.05) is 13.7 Å². The van der Waals surface area contributed by atoms with E-state index in [0.717, 1.165) is 12.8 Å². The summed E-state index contributed by atoms with van der Waals surface area (Å²) in [7, 11) is 1.33. The average Bonchev–Trinajstić information content (AvgIpc) is 2.38. The van der Waals surface area contributed by atoms with Crippen LogP contribution in [0, 0.1) is 17.3 Å². The maximum Gasteiger partial charge on any atom is 0.328 e. The van der Waals surface area contributed by atoms with Crippen molar-refractivity contribution in [1.29, 1.82) is 0 Å². The highest BCUT2D eigenvalue weighted by atomic mass is 16.5. The van der Waals surface area contributed by atoms with Gasteiger partial charge in [0.05, 0.1) is 7.11 Å². The minimum absolute atomic E-state index is 0.00357. The summed E-state index contributed by atoms with van der Waals surface area (Å²) in [6, 6.07) is -0.579. The van der Waals surface area contributed by atoms with E-state index < -0.39 is 12.0 Å². The minimum atomic E-state index is -0.579. The minimum Gasteiger partial charge on any atom is -0.467 e. The van der Waals surface area contributed by atoms with E-state index in [1.807, 2.05) is 13.8 Å². The third-order valence-corrected chi connectivity index (χ3v) is 3.90. The molecule has 2 atom stereocenters. The Bertz CT molecular complexity index is 335. The number of nitrogens with one attached hydrogen (secondary N) is 1. The van der Waals surface area contributed by atoms with Crippen molar-refractivity contribution >= 4 is 11.9 Å². The quantitative estimate of drug-likeness (QED) is 0.673. The zero-order valence-electron chi connectivity index (χ0n) is 14.4. The maximum absolute atomic E-state index is 12.1. The molecule has 1 unspecified atom stereocenters. The van der Waals surface area contributed by atoms with Gasteiger partial charge >= 0.3 is 5.97 Å². The van der Waals surface area contributed by atoms with Crippen LogP contribution in [0.3, 0.4) is 0 Å². The van der Waals surface area contributed by atoms with Crippen LogP contribution in [-0.2, 0) is 14.3 Å². The summed E-state index contributed by atoms with van der Waals surface area (Å²) in [5.74, 6) is -0.106. The lowest BCUT2D eigenvalue weighted by Gasteiger charge is -2.30. The Morgan fingerprint density at radius 2 is 1.76 bits per heavy atom. The van der Waals surface area contributed by atoms with Gasteiger partial charge in [-0.1, -0.05) is 34.6 Å². The summed E-state index contributed by atoms with van der Waals surface area (Å²) in [4.78, 5) is 23.7. The molecule has 0 radical (unpaired) electrons. The van der Waals surface area contributed by atoms with Gasteiger partial charge in [0.15, 0.2) is 0 Å². The molecule has 0 rings (SSSR count). The highest BCUT2D eigenvalue weighted by molar-refractivity contribution is 5.84. The molecule has 3 N–H and O–H groups in total. The Balaban J connectivity index is 4.50. The predicted octanol–water partition coefficient (Wildman–Crippen LogP) is 2.09. The number of hydrogen-bond donors (Lipinski definition) is 2. The van der Waals surface area contributed by atoms with E-state index in [1.54, 1.807) is 0 Å². The van der Waals surface area contributed by atoms with E-state index in [4.69, 9.17) is 10.5 Å². The molecule has 21 heavy (non-hydrogen) atoms. The highest BCUT2D eigenvalue weighted by Crippen LogP contribution is 2.32. The van der Waals surface area contributed by atoms with Gasteiger partial charge in [0.1, 0.15) is 6.04 Å². The molecule has 0 aromatic heterocycles. The largest absolute Gasteiger partial charge is 0.467 e. The standard InChI is InChI=1S/C16H32N2O3/c1-11(2)14(15(20)21-6)18-13(19)8-7-12(9-10-17)16(3,4)5/h11-12,14H,7-10,17H2,1-6H3,(H,18,19)/t12?,14-/m0/s1. The van der Waals surface area contributed by atoms with Crippen LogP contribution in [0.1, 0.15) is 53.9 Å².